The highest BCUT2D eigenvalue weighted by atomic mass is 32.2. The molecule has 7 nitrogen and oxygen atoms in total. The number of aromatic nitrogens is 2. The fourth-order valence-corrected chi connectivity index (χ4v) is 4.98. The number of hydrogen-bond acceptors (Lipinski definition) is 5. The van der Waals surface area contributed by atoms with Crippen LogP contribution in [0.1, 0.15) is 54.7 Å². The van der Waals surface area contributed by atoms with Gasteiger partial charge in [-0.05, 0) is 24.1 Å². The number of fused-ring (bicyclic) bond motifs is 1. The van der Waals surface area contributed by atoms with Gasteiger partial charge in [0.2, 0.25) is 0 Å². The Morgan fingerprint density at radius 3 is 2.52 bits per heavy atom. The Balaban J connectivity index is 1.59. The van der Waals surface area contributed by atoms with Crippen LogP contribution in [0.3, 0.4) is 0 Å². The molecule has 0 radical (unpaired) electrons. The van der Waals surface area contributed by atoms with Crippen LogP contribution in [-0.4, -0.2) is 54.3 Å². The lowest BCUT2D eigenvalue weighted by molar-refractivity contribution is -0.0220. The number of amides is 1. The second-order valence-corrected chi connectivity index (χ2v) is 11.3. The topological polar surface area (TPSA) is 75.5 Å². The highest BCUT2D eigenvalue weighted by Crippen LogP contribution is 2.34. The molecule has 33 heavy (non-hydrogen) atoms. The fraction of sp³-hybridized carbons (Fsp3) is 0.565. The Morgan fingerprint density at radius 1 is 1.21 bits per heavy atom. The molecule has 1 atom stereocenters. The van der Waals surface area contributed by atoms with E-state index in [1.807, 2.05) is 10.9 Å². The number of sulfone groups is 1. The van der Waals surface area contributed by atoms with Crippen LogP contribution in [0.2, 0.25) is 0 Å². The standard InChI is InChI=1S/C23H30F2N4O3S/c1-4-16(2)12-29-14-17-13-28(15-20(17)26-29)22(30)19-11-18(33(3,31)32)5-6-21(19)27-9-7-23(24,25)8-10-27/h5-6,11,14,16H,4,7-10,12-13,15H2,1-3H3. The summed E-state index contributed by atoms with van der Waals surface area (Å²) < 4.78 is 53.6. The molecule has 2 aliphatic rings. The van der Waals surface area contributed by atoms with Gasteiger partial charge >= 0.3 is 0 Å². The molecule has 2 aliphatic heterocycles. The summed E-state index contributed by atoms with van der Waals surface area (Å²) in [5, 5.41) is 4.62. The van der Waals surface area contributed by atoms with Crippen LogP contribution in [0, 0.1) is 5.92 Å². The first-order valence-corrected chi connectivity index (χ1v) is 13.2. The van der Waals surface area contributed by atoms with Gasteiger partial charge in [-0.3, -0.25) is 9.48 Å². The van der Waals surface area contributed by atoms with Crippen molar-refractivity contribution in [1.29, 1.82) is 0 Å². The van der Waals surface area contributed by atoms with Crippen molar-refractivity contribution in [3.8, 4) is 0 Å². The fourth-order valence-electron chi connectivity index (χ4n) is 4.33. The average molecular weight is 481 g/mol. The van der Waals surface area contributed by atoms with Gasteiger partial charge in [0.15, 0.2) is 9.84 Å². The van der Waals surface area contributed by atoms with Crippen LogP contribution in [0.15, 0.2) is 29.3 Å². The zero-order valence-corrected chi connectivity index (χ0v) is 20.0. The number of anilines is 1. The minimum absolute atomic E-state index is 0.0348. The molecule has 0 aliphatic carbocycles. The molecule has 4 rings (SSSR count). The molecule has 2 aromatic rings. The number of piperidine rings is 1. The minimum Gasteiger partial charge on any atom is -0.370 e. The highest BCUT2D eigenvalue weighted by Gasteiger charge is 2.36. The first-order valence-electron chi connectivity index (χ1n) is 11.3. The molecule has 1 unspecified atom stereocenters. The molecule has 0 bridgehead atoms. The van der Waals surface area contributed by atoms with Crippen molar-refractivity contribution in [2.75, 3.05) is 24.2 Å². The predicted molar refractivity (Wildman–Crippen MR) is 121 cm³/mol. The van der Waals surface area contributed by atoms with Gasteiger partial charge in [0.1, 0.15) is 0 Å². The lowest BCUT2D eigenvalue weighted by Gasteiger charge is -2.35. The van der Waals surface area contributed by atoms with Gasteiger partial charge in [-0.2, -0.15) is 5.10 Å². The maximum Gasteiger partial charge on any atom is 0.256 e. The summed E-state index contributed by atoms with van der Waals surface area (Å²) >= 11 is 0. The van der Waals surface area contributed by atoms with Gasteiger partial charge in [-0.25, -0.2) is 17.2 Å². The van der Waals surface area contributed by atoms with Gasteiger partial charge in [-0.1, -0.05) is 20.3 Å². The van der Waals surface area contributed by atoms with E-state index in [4.69, 9.17) is 0 Å². The van der Waals surface area contributed by atoms with Crippen LogP contribution >= 0.6 is 0 Å². The first-order chi connectivity index (χ1) is 15.5. The number of hydrogen-bond donors (Lipinski definition) is 0. The van der Waals surface area contributed by atoms with Crippen molar-refractivity contribution < 1.29 is 22.0 Å². The quantitative estimate of drug-likeness (QED) is 0.630. The average Bonchev–Trinajstić information content (AvgIpc) is 3.30. The predicted octanol–water partition coefficient (Wildman–Crippen LogP) is 3.72. The third-order valence-electron chi connectivity index (χ3n) is 6.57. The third kappa shape index (κ3) is 5.05. The van der Waals surface area contributed by atoms with Gasteiger partial charge in [0.25, 0.3) is 11.8 Å². The number of alkyl halides is 2. The lowest BCUT2D eigenvalue weighted by atomic mass is 10.0. The molecular formula is C23H30F2N4O3S. The Labute approximate surface area is 193 Å². The summed E-state index contributed by atoms with van der Waals surface area (Å²) in [4.78, 5) is 16.9. The summed E-state index contributed by atoms with van der Waals surface area (Å²) in [5.74, 6) is -2.54. The van der Waals surface area contributed by atoms with Crippen LogP contribution < -0.4 is 4.90 Å². The molecule has 1 saturated heterocycles. The van der Waals surface area contributed by atoms with E-state index in [0.717, 1.165) is 30.5 Å². The van der Waals surface area contributed by atoms with Crippen LogP contribution in [-0.2, 0) is 29.5 Å². The van der Waals surface area contributed by atoms with E-state index >= 15 is 0 Å². The van der Waals surface area contributed by atoms with Crippen LogP contribution in [0.5, 0.6) is 0 Å². The molecule has 0 saturated carbocycles. The number of benzene rings is 1. The normalized spacial score (nSPS) is 18.9. The Kier molecular flexibility index (Phi) is 6.24. The van der Waals surface area contributed by atoms with Gasteiger partial charge in [-0.15, -0.1) is 0 Å². The number of carbonyl (C=O) groups excluding carboxylic acids is 1. The zero-order valence-electron chi connectivity index (χ0n) is 19.2. The van der Waals surface area contributed by atoms with Crippen LogP contribution in [0.4, 0.5) is 14.5 Å². The smallest absolute Gasteiger partial charge is 0.256 e. The Hall–Kier alpha value is -2.49. The summed E-state index contributed by atoms with van der Waals surface area (Å²) in [7, 11) is -3.54. The largest absolute Gasteiger partial charge is 0.370 e. The van der Waals surface area contributed by atoms with Gasteiger partial charge < -0.3 is 9.80 Å². The zero-order chi connectivity index (χ0) is 24.0. The highest BCUT2D eigenvalue weighted by molar-refractivity contribution is 7.90. The molecule has 1 aromatic carbocycles. The molecule has 1 aromatic heterocycles. The molecule has 180 valence electrons. The molecule has 1 fully saturated rings. The van der Waals surface area contributed by atoms with E-state index in [-0.39, 0.29) is 42.3 Å². The number of nitrogens with zero attached hydrogens (tertiary/aromatic N) is 4. The monoisotopic (exact) mass is 480 g/mol. The number of halogens is 2. The van der Waals surface area contributed by atoms with E-state index in [2.05, 4.69) is 18.9 Å². The van der Waals surface area contributed by atoms with Gasteiger partial charge in [0.05, 0.1) is 22.7 Å². The van der Waals surface area contributed by atoms with E-state index in [1.165, 1.54) is 12.1 Å². The maximum absolute atomic E-state index is 13.7. The second-order valence-electron chi connectivity index (χ2n) is 9.29. The van der Waals surface area contributed by atoms with Crippen molar-refractivity contribution in [1.82, 2.24) is 14.7 Å². The minimum atomic E-state index is -3.54. The van der Waals surface area contributed by atoms with Crippen molar-refractivity contribution in [2.45, 2.75) is 63.6 Å². The second kappa shape index (κ2) is 8.70. The van der Waals surface area contributed by atoms with E-state index in [1.54, 1.807) is 15.9 Å². The SMILES string of the molecule is CCC(C)Cn1cc2c(n1)CN(C(=O)c1cc(S(C)(=O)=O)ccc1N1CCC(F)(F)CC1)C2. The van der Waals surface area contributed by atoms with Crippen molar-refractivity contribution in [3.05, 3.63) is 41.2 Å². The van der Waals surface area contributed by atoms with Crippen molar-refractivity contribution in [3.63, 3.8) is 0 Å². The van der Waals surface area contributed by atoms with Crippen LogP contribution in [0.25, 0.3) is 0 Å². The summed E-state index contributed by atoms with van der Waals surface area (Å²) in [5.41, 5.74) is 2.53. The molecule has 0 N–H and O–H groups in total. The Bertz CT molecular complexity index is 1130. The number of rotatable bonds is 6. The first kappa shape index (κ1) is 23.7. The van der Waals surface area contributed by atoms with E-state index in [0.29, 0.717) is 24.7 Å². The summed E-state index contributed by atoms with van der Waals surface area (Å²) in [6.45, 7) is 6.04. The molecule has 10 heteroatoms. The summed E-state index contributed by atoms with van der Waals surface area (Å²) in [6, 6.07) is 4.38. The van der Waals surface area contributed by atoms with Crippen molar-refractivity contribution >= 4 is 21.4 Å². The number of carbonyl (C=O) groups is 1. The van der Waals surface area contributed by atoms with Gasteiger partial charge in [0, 0.05) is 62.7 Å². The lowest BCUT2D eigenvalue weighted by Crippen LogP contribution is -2.40. The van der Waals surface area contributed by atoms with Crippen molar-refractivity contribution in [2.24, 2.45) is 5.92 Å². The maximum atomic E-state index is 13.7. The van der Waals surface area contributed by atoms with E-state index < -0.39 is 15.8 Å². The van der Waals surface area contributed by atoms with E-state index in [9.17, 15) is 22.0 Å². The Morgan fingerprint density at radius 2 is 1.91 bits per heavy atom. The summed E-state index contributed by atoms with van der Waals surface area (Å²) in [6.07, 6.45) is 3.51. The molecule has 0 spiro atoms. The molecule has 1 amide bonds. The third-order valence-corrected chi connectivity index (χ3v) is 7.68. The molecular weight excluding hydrogens is 450 g/mol. The molecule has 3 heterocycles.